The van der Waals surface area contributed by atoms with E-state index >= 15 is 0 Å². The molecule has 0 aliphatic carbocycles. The predicted molar refractivity (Wildman–Crippen MR) is 54.8 cm³/mol. The molecule has 13 heavy (non-hydrogen) atoms. The third kappa shape index (κ3) is 2.40. The third-order valence-corrected chi connectivity index (χ3v) is 2.13. The lowest BCUT2D eigenvalue weighted by Crippen LogP contribution is -2.01. The van der Waals surface area contributed by atoms with Crippen molar-refractivity contribution in [2.45, 2.75) is 6.42 Å². The molecule has 0 aliphatic rings. The summed E-state index contributed by atoms with van der Waals surface area (Å²) in [6, 6.07) is 0. The lowest BCUT2D eigenvalue weighted by molar-refractivity contribution is 1.02. The molecule has 5 heteroatoms. The van der Waals surface area contributed by atoms with E-state index in [1.54, 1.807) is 0 Å². The Labute approximate surface area is 86.6 Å². The van der Waals surface area contributed by atoms with Crippen LogP contribution in [0.4, 0.5) is 0 Å². The Balaban J connectivity index is 3.05. The molecule has 0 saturated heterocycles. The molecular formula is C8H9Cl2N3. The Morgan fingerprint density at radius 2 is 1.92 bits per heavy atom. The van der Waals surface area contributed by atoms with E-state index in [0.717, 1.165) is 5.57 Å². The van der Waals surface area contributed by atoms with Gasteiger partial charge in [-0.2, -0.15) is 0 Å². The maximum Gasteiger partial charge on any atom is 0.141 e. The van der Waals surface area contributed by atoms with Gasteiger partial charge in [-0.3, -0.25) is 0 Å². The van der Waals surface area contributed by atoms with Crippen LogP contribution < -0.4 is 5.73 Å². The van der Waals surface area contributed by atoms with E-state index in [1.807, 2.05) is 0 Å². The zero-order valence-electron chi connectivity index (χ0n) is 6.93. The van der Waals surface area contributed by atoms with Crippen LogP contribution in [0.25, 0.3) is 5.57 Å². The topological polar surface area (TPSA) is 51.8 Å². The first-order valence-corrected chi connectivity index (χ1v) is 4.46. The quantitative estimate of drug-likeness (QED) is 0.790. The number of aromatic nitrogens is 2. The van der Waals surface area contributed by atoms with E-state index < -0.39 is 0 Å². The molecule has 0 unspecified atom stereocenters. The smallest absolute Gasteiger partial charge is 0.141 e. The van der Waals surface area contributed by atoms with Crippen molar-refractivity contribution in [2.24, 2.45) is 5.73 Å². The van der Waals surface area contributed by atoms with Gasteiger partial charge in [-0.05, 0) is 18.5 Å². The molecular weight excluding hydrogens is 209 g/mol. The molecule has 0 aromatic carbocycles. The Hall–Kier alpha value is -0.640. The molecule has 0 amide bonds. The van der Waals surface area contributed by atoms with E-state index in [4.69, 9.17) is 28.9 Å². The number of halogens is 2. The van der Waals surface area contributed by atoms with Crippen molar-refractivity contribution >= 4 is 28.8 Å². The molecule has 3 nitrogen and oxygen atoms in total. The molecule has 0 fully saturated rings. The summed E-state index contributed by atoms with van der Waals surface area (Å²) < 4.78 is 0. The first kappa shape index (κ1) is 10.4. The summed E-state index contributed by atoms with van der Waals surface area (Å²) in [5, 5.41) is 0.636. The molecule has 2 N–H and O–H groups in total. The maximum absolute atomic E-state index is 5.82. The van der Waals surface area contributed by atoms with E-state index in [-0.39, 0.29) is 0 Å². The highest BCUT2D eigenvalue weighted by atomic mass is 35.5. The summed E-state index contributed by atoms with van der Waals surface area (Å²) in [7, 11) is 0. The van der Waals surface area contributed by atoms with Crippen LogP contribution >= 0.6 is 23.2 Å². The Bertz CT molecular complexity index is 305. The van der Waals surface area contributed by atoms with Gasteiger partial charge in [0.15, 0.2) is 0 Å². The van der Waals surface area contributed by atoms with Crippen molar-refractivity contribution in [2.75, 3.05) is 6.54 Å². The van der Waals surface area contributed by atoms with Crippen LogP contribution in [0.2, 0.25) is 10.3 Å². The largest absolute Gasteiger partial charge is 0.330 e. The zero-order valence-corrected chi connectivity index (χ0v) is 8.44. The number of hydrogen-bond acceptors (Lipinski definition) is 3. The minimum atomic E-state index is 0.318. The van der Waals surface area contributed by atoms with Crippen LogP contribution in [-0.2, 0) is 0 Å². The van der Waals surface area contributed by atoms with Gasteiger partial charge in [0.25, 0.3) is 0 Å². The summed E-state index contributed by atoms with van der Waals surface area (Å²) in [5.74, 6) is 0. The van der Waals surface area contributed by atoms with Gasteiger partial charge in [0.05, 0.1) is 5.56 Å². The number of nitrogens with two attached hydrogens (primary N) is 1. The van der Waals surface area contributed by atoms with Crippen molar-refractivity contribution in [3.8, 4) is 0 Å². The van der Waals surface area contributed by atoms with Gasteiger partial charge >= 0.3 is 0 Å². The van der Waals surface area contributed by atoms with Crippen LogP contribution in [0.15, 0.2) is 12.9 Å². The molecule has 0 radical (unpaired) electrons. The highest BCUT2D eigenvalue weighted by Crippen LogP contribution is 2.27. The van der Waals surface area contributed by atoms with E-state index in [0.29, 0.717) is 28.8 Å². The average molecular weight is 218 g/mol. The van der Waals surface area contributed by atoms with Gasteiger partial charge in [0, 0.05) is 0 Å². The number of hydrogen-bond donors (Lipinski definition) is 1. The van der Waals surface area contributed by atoms with E-state index in [1.165, 1.54) is 6.33 Å². The summed E-state index contributed by atoms with van der Waals surface area (Å²) >= 11 is 11.6. The minimum Gasteiger partial charge on any atom is -0.330 e. The second-order valence-corrected chi connectivity index (χ2v) is 3.19. The summed E-state index contributed by atoms with van der Waals surface area (Å²) in [6.07, 6.45) is 1.94. The van der Waals surface area contributed by atoms with Gasteiger partial charge in [-0.25, -0.2) is 9.97 Å². The van der Waals surface area contributed by atoms with Crippen molar-refractivity contribution in [3.63, 3.8) is 0 Å². The highest BCUT2D eigenvalue weighted by molar-refractivity contribution is 6.36. The van der Waals surface area contributed by atoms with Crippen LogP contribution in [0.1, 0.15) is 12.0 Å². The first-order valence-electron chi connectivity index (χ1n) is 3.71. The Morgan fingerprint density at radius 3 is 2.38 bits per heavy atom. The molecule has 0 spiro atoms. The van der Waals surface area contributed by atoms with Gasteiger partial charge in [0.2, 0.25) is 0 Å². The van der Waals surface area contributed by atoms with Gasteiger partial charge in [-0.15, -0.1) is 0 Å². The van der Waals surface area contributed by atoms with Crippen molar-refractivity contribution in [3.05, 3.63) is 28.8 Å². The maximum atomic E-state index is 5.82. The van der Waals surface area contributed by atoms with Crippen molar-refractivity contribution < 1.29 is 0 Å². The first-order chi connectivity index (χ1) is 6.16. The van der Waals surface area contributed by atoms with Gasteiger partial charge in [0.1, 0.15) is 16.6 Å². The van der Waals surface area contributed by atoms with Gasteiger partial charge < -0.3 is 5.73 Å². The monoisotopic (exact) mass is 217 g/mol. The molecule has 1 heterocycles. The normalized spacial score (nSPS) is 10.1. The summed E-state index contributed by atoms with van der Waals surface area (Å²) in [5.41, 5.74) is 6.74. The average Bonchev–Trinajstić information content (AvgIpc) is 2.04. The summed E-state index contributed by atoms with van der Waals surface area (Å²) in [4.78, 5) is 7.62. The van der Waals surface area contributed by atoms with Gasteiger partial charge in [-0.1, -0.05) is 29.8 Å². The Kier molecular flexibility index (Phi) is 3.66. The molecule has 0 bridgehead atoms. The second kappa shape index (κ2) is 4.56. The SMILES string of the molecule is C=C(CCN)c1c(Cl)ncnc1Cl. The Morgan fingerprint density at radius 1 is 1.38 bits per heavy atom. The fraction of sp³-hybridized carbons (Fsp3) is 0.250. The summed E-state index contributed by atoms with van der Waals surface area (Å²) in [6.45, 7) is 4.31. The predicted octanol–water partition coefficient (Wildman–Crippen LogP) is 2.15. The van der Waals surface area contributed by atoms with Crippen molar-refractivity contribution in [1.29, 1.82) is 0 Å². The fourth-order valence-electron chi connectivity index (χ4n) is 0.935. The molecule has 0 saturated carbocycles. The zero-order chi connectivity index (χ0) is 9.84. The van der Waals surface area contributed by atoms with Crippen LogP contribution in [0.3, 0.4) is 0 Å². The lowest BCUT2D eigenvalue weighted by Gasteiger charge is -2.06. The molecule has 70 valence electrons. The van der Waals surface area contributed by atoms with Crippen molar-refractivity contribution in [1.82, 2.24) is 9.97 Å². The fourth-order valence-corrected chi connectivity index (χ4v) is 1.52. The molecule has 1 aromatic heterocycles. The lowest BCUT2D eigenvalue weighted by atomic mass is 10.1. The van der Waals surface area contributed by atoms with Crippen LogP contribution in [0, 0.1) is 0 Å². The number of rotatable bonds is 3. The molecule has 1 aromatic rings. The van der Waals surface area contributed by atoms with Crippen LogP contribution in [-0.4, -0.2) is 16.5 Å². The second-order valence-electron chi connectivity index (χ2n) is 2.47. The molecule has 0 aliphatic heterocycles. The molecule has 1 rings (SSSR count). The highest BCUT2D eigenvalue weighted by Gasteiger charge is 2.10. The van der Waals surface area contributed by atoms with Crippen LogP contribution in [0.5, 0.6) is 0 Å². The van der Waals surface area contributed by atoms with E-state index in [9.17, 15) is 0 Å². The standard InChI is InChI=1S/C8H9Cl2N3/c1-5(2-3-11)6-7(9)12-4-13-8(6)10/h4H,1-3,11H2. The minimum absolute atomic E-state index is 0.318. The number of nitrogens with zero attached hydrogens (tertiary/aromatic N) is 2. The van der Waals surface area contributed by atoms with E-state index in [2.05, 4.69) is 16.5 Å². The molecule has 0 atom stereocenters. The third-order valence-electron chi connectivity index (χ3n) is 1.55.